The van der Waals surface area contributed by atoms with E-state index in [9.17, 15) is 4.79 Å². The average Bonchev–Trinajstić information content (AvgIpc) is 2.60. The van der Waals surface area contributed by atoms with E-state index in [1.807, 2.05) is 0 Å². The first-order chi connectivity index (χ1) is 12.1. The normalized spacial score (nSPS) is 12.8. The number of carbonyl (C=O) groups excluding carboxylic acids is 1. The number of hydrogen-bond donors (Lipinski definition) is 0. The van der Waals surface area contributed by atoms with Crippen molar-refractivity contribution in [2.75, 3.05) is 7.11 Å². The molecule has 144 valence electrons. The Labute approximate surface area is 156 Å². The van der Waals surface area contributed by atoms with E-state index < -0.39 is 0 Å². The summed E-state index contributed by atoms with van der Waals surface area (Å²) in [4.78, 5) is 11.0. The Morgan fingerprint density at radius 2 is 1.52 bits per heavy atom. The van der Waals surface area contributed by atoms with E-state index in [1.54, 1.807) is 0 Å². The highest BCUT2D eigenvalue weighted by Crippen LogP contribution is 2.12. The molecule has 2 heteroatoms. The predicted molar refractivity (Wildman–Crippen MR) is 110 cm³/mol. The summed E-state index contributed by atoms with van der Waals surface area (Å²) in [7, 11) is 1.45. The maximum Gasteiger partial charge on any atom is 0.305 e. The van der Waals surface area contributed by atoms with Gasteiger partial charge in [0.2, 0.25) is 0 Å². The van der Waals surface area contributed by atoms with Crippen LogP contribution in [-0.4, -0.2) is 13.1 Å². The van der Waals surface area contributed by atoms with Crippen molar-refractivity contribution in [1.29, 1.82) is 0 Å². The lowest BCUT2D eigenvalue weighted by atomic mass is 10.1. The molecule has 0 aromatic rings. The fourth-order valence-electron chi connectivity index (χ4n) is 2.67. The molecule has 0 aliphatic rings. The smallest absolute Gasteiger partial charge is 0.305 e. The summed E-state index contributed by atoms with van der Waals surface area (Å²) in [6.07, 6.45) is 22.8. The van der Waals surface area contributed by atoms with Crippen LogP contribution < -0.4 is 0 Å². The van der Waals surface area contributed by atoms with Gasteiger partial charge in [-0.15, -0.1) is 0 Å². The fourth-order valence-corrected chi connectivity index (χ4v) is 2.67. The second kappa shape index (κ2) is 17.5. The molecule has 0 bridgehead atoms. The fraction of sp³-hybridized carbons (Fsp3) is 0.696. The van der Waals surface area contributed by atoms with Gasteiger partial charge in [-0.2, -0.15) is 0 Å². The van der Waals surface area contributed by atoms with Gasteiger partial charge < -0.3 is 4.74 Å². The summed E-state index contributed by atoms with van der Waals surface area (Å²) in [5, 5.41) is 0. The summed E-state index contributed by atoms with van der Waals surface area (Å²) in [5.41, 5.74) is 2.94. The second-order valence-electron chi connectivity index (χ2n) is 7.00. The monoisotopic (exact) mass is 348 g/mol. The number of rotatable bonds is 15. The van der Waals surface area contributed by atoms with Crippen molar-refractivity contribution < 1.29 is 9.53 Å². The van der Waals surface area contributed by atoms with Crippen LogP contribution in [0.2, 0.25) is 0 Å². The van der Waals surface area contributed by atoms with Crippen molar-refractivity contribution in [2.45, 2.75) is 97.8 Å². The summed E-state index contributed by atoms with van der Waals surface area (Å²) in [6, 6.07) is 0. The largest absolute Gasteiger partial charge is 0.469 e. The molecule has 0 aromatic carbocycles. The van der Waals surface area contributed by atoms with Crippen molar-refractivity contribution in [3.63, 3.8) is 0 Å². The first-order valence-corrected chi connectivity index (χ1v) is 10.1. The summed E-state index contributed by atoms with van der Waals surface area (Å²) >= 11 is 0. The average molecular weight is 349 g/mol. The highest BCUT2D eigenvalue weighted by Gasteiger charge is 1.99. The maximum absolute atomic E-state index is 11.0. The molecule has 0 unspecified atom stereocenters. The number of esters is 1. The molecule has 0 fully saturated rings. The predicted octanol–water partition coefficient (Wildman–Crippen LogP) is 7.31. The SMILES string of the molecule is CCCCCC=CCC(C)=CCC=C(C)CCCCCCC(=O)OC. The van der Waals surface area contributed by atoms with Crippen LogP contribution in [0.4, 0.5) is 0 Å². The molecule has 0 spiro atoms. The zero-order chi connectivity index (χ0) is 18.8. The number of methoxy groups -OCH3 is 1. The number of ether oxygens (including phenoxy) is 1. The Hall–Kier alpha value is -1.31. The maximum atomic E-state index is 11.0. The van der Waals surface area contributed by atoms with Crippen molar-refractivity contribution in [2.24, 2.45) is 0 Å². The van der Waals surface area contributed by atoms with Crippen LogP contribution in [0.3, 0.4) is 0 Å². The molecule has 0 aliphatic heterocycles. The number of unbranched alkanes of at least 4 members (excludes halogenated alkanes) is 6. The third-order valence-electron chi connectivity index (χ3n) is 4.44. The van der Waals surface area contributed by atoms with Crippen LogP contribution in [0.15, 0.2) is 35.5 Å². The highest BCUT2D eigenvalue weighted by molar-refractivity contribution is 5.68. The summed E-state index contributed by atoms with van der Waals surface area (Å²) in [5.74, 6) is -0.0889. The first-order valence-electron chi connectivity index (χ1n) is 10.1. The Morgan fingerprint density at radius 1 is 0.840 bits per heavy atom. The van der Waals surface area contributed by atoms with E-state index in [-0.39, 0.29) is 5.97 Å². The molecule has 0 aliphatic carbocycles. The number of hydrogen-bond acceptors (Lipinski definition) is 2. The summed E-state index contributed by atoms with van der Waals surface area (Å²) in [6.45, 7) is 6.70. The highest BCUT2D eigenvalue weighted by atomic mass is 16.5. The van der Waals surface area contributed by atoms with Gasteiger partial charge in [0.25, 0.3) is 0 Å². The minimum Gasteiger partial charge on any atom is -0.469 e. The van der Waals surface area contributed by atoms with Crippen molar-refractivity contribution in [3.05, 3.63) is 35.5 Å². The third-order valence-corrected chi connectivity index (χ3v) is 4.44. The molecule has 0 saturated carbocycles. The van der Waals surface area contributed by atoms with E-state index in [1.165, 1.54) is 63.2 Å². The second-order valence-corrected chi connectivity index (χ2v) is 7.00. The van der Waals surface area contributed by atoms with Gasteiger partial charge in [-0.05, 0) is 58.8 Å². The topological polar surface area (TPSA) is 26.3 Å². The van der Waals surface area contributed by atoms with E-state index in [2.05, 4.69) is 49.8 Å². The van der Waals surface area contributed by atoms with Crippen LogP contribution in [0.5, 0.6) is 0 Å². The third kappa shape index (κ3) is 17.3. The number of allylic oxidation sites excluding steroid dienone is 6. The first kappa shape index (κ1) is 23.7. The molecule has 0 N–H and O–H groups in total. The molecule has 0 saturated heterocycles. The molecule has 0 amide bonds. The molecule has 2 nitrogen and oxygen atoms in total. The Morgan fingerprint density at radius 3 is 2.20 bits per heavy atom. The van der Waals surface area contributed by atoms with Gasteiger partial charge in [0.1, 0.15) is 0 Å². The van der Waals surface area contributed by atoms with Gasteiger partial charge in [-0.1, -0.05) is 68.1 Å². The van der Waals surface area contributed by atoms with E-state index in [4.69, 9.17) is 0 Å². The molecular formula is C23H40O2. The Balaban J connectivity index is 3.72. The van der Waals surface area contributed by atoms with Crippen LogP contribution in [0.1, 0.15) is 97.8 Å². The van der Waals surface area contributed by atoms with Gasteiger partial charge in [-0.3, -0.25) is 4.79 Å². The molecule has 0 heterocycles. The lowest BCUT2D eigenvalue weighted by Crippen LogP contribution is -1.99. The molecule has 25 heavy (non-hydrogen) atoms. The molecule has 0 atom stereocenters. The van der Waals surface area contributed by atoms with Crippen molar-refractivity contribution >= 4 is 5.97 Å². The molecule has 0 radical (unpaired) electrons. The van der Waals surface area contributed by atoms with Crippen LogP contribution in [0, 0.1) is 0 Å². The number of carbonyl (C=O) groups is 1. The van der Waals surface area contributed by atoms with Gasteiger partial charge >= 0.3 is 5.97 Å². The summed E-state index contributed by atoms with van der Waals surface area (Å²) < 4.78 is 4.65. The van der Waals surface area contributed by atoms with Crippen molar-refractivity contribution in [3.8, 4) is 0 Å². The van der Waals surface area contributed by atoms with Gasteiger partial charge in [0.05, 0.1) is 7.11 Å². The minimum atomic E-state index is -0.0889. The van der Waals surface area contributed by atoms with E-state index >= 15 is 0 Å². The van der Waals surface area contributed by atoms with E-state index in [0.717, 1.165) is 25.7 Å². The standard InChI is InChI=1S/C23H40O2/c1-5-6-7-8-9-12-16-21(2)18-15-19-22(3)17-13-10-11-14-20-23(24)25-4/h9,12,18-19H,5-8,10-11,13-17,20H2,1-4H3. The zero-order valence-corrected chi connectivity index (χ0v) is 17.1. The van der Waals surface area contributed by atoms with Crippen molar-refractivity contribution in [1.82, 2.24) is 0 Å². The van der Waals surface area contributed by atoms with Gasteiger partial charge in [0, 0.05) is 6.42 Å². The van der Waals surface area contributed by atoms with Crippen LogP contribution >= 0.6 is 0 Å². The molecular weight excluding hydrogens is 308 g/mol. The quantitative estimate of drug-likeness (QED) is 0.176. The van der Waals surface area contributed by atoms with E-state index in [0.29, 0.717) is 6.42 Å². The Kier molecular flexibility index (Phi) is 16.6. The van der Waals surface area contributed by atoms with Gasteiger partial charge in [0.15, 0.2) is 0 Å². The van der Waals surface area contributed by atoms with Gasteiger partial charge in [-0.25, -0.2) is 0 Å². The van der Waals surface area contributed by atoms with Crippen LogP contribution in [0.25, 0.3) is 0 Å². The zero-order valence-electron chi connectivity index (χ0n) is 17.1. The Bertz CT molecular complexity index is 416. The minimum absolute atomic E-state index is 0.0889. The lowest BCUT2D eigenvalue weighted by Gasteiger charge is -2.02. The molecule has 0 rings (SSSR count). The lowest BCUT2D eigenvalue weighted by molar-refractivity contribution is -0.140. The molecule has 0 aromatic heterocycles. The van der Waals surface area contributed by atoms with Crippen LogP contribution in [-0.2, 0) is 9.53 Å².